The minimum Gasteiger partial charge on any atom is -0.493 e. The molecule has 7 nitrogen and oxygen atoms in total. The van der Waals surface area contributed by atoms with Gasteiger partial charge in [0.25, 0.3) is 11.5 Å². The van der Waals surface area contributed by atoms with Crippen molar-refractivity contribution in [1.29, 1.82) is 0 Å². The molecule has 26 heavy (non-hydrogen) atoms. The van der Waals surface area contributed by atoms with E-state index in [9.17, 15) is 9.59 Å². The summed E-state index contributed by atoms with van der Waals surface area (Å²) < 4.78 is 12.4. The van der Waals surface area contributed by atoms with Crippen molar-refractivity contribution in [3.05, 3.63) is 58.0 Å². The zero-order chi connectivity index (χ0) is 18.9. The molecule has 0 aliphatic carbocycles. The van der Waals surface area contributed by atoms with E-state index in [0.29, 0.717) is 24.7 Å². The lowest BCUT2D eigenvalue weighted by Gasteiger charge is -2.10. The van der Waals surface area contributed by atoms with Crippen LogP contribution in [0, 0.1) is 0 Å². The summed E-state index contributed by atoms with van der Waals surface area (Å²) in [6, 6.07) is 8.48. The monoisotopic (exact) mass is 357 g/mol. The molecule has 0 spiro atoms. The van der Waals surface area contributed by atoms with E-state index in [0.717, 1.165) is 12.0 Å². The van der Waals surface area contributed by atoms with Gasteiger partial charge in [-0.05, 0) is 49.2 Å². The van der Waals surface area contributed by atoms with Gasteiger partial charge in [0.15, 0.2) is 11.5 Å². The van der Waals surface area contributed by atoms with Gasteiger partial charge in [-0.3, -0.25) is 9.59 Å². The topological polar surface area (TPSA) is 81.9 Å². The number of amides is 1. The van der Waals surface area contributed by atoms with Crippen LogP contribution in [-0.2, 0) is 6.54 Å². The number of ether oxygens (including phenoxy) is 2. The normalized spacial score (nSPS) is 10.7. The SMILES string of the molecule is CCCOc1ccc(/C=N\NC(=O)c2cccn(CC)c2=O)cc1OC. The van der Waals surface area contributed by atoms with Crippen molar-refractivity contribution in [3.8, 4) is 11.5 Å². The van der Waals surface area contributed by atoms with Gasteiger partial charge < -0.3 is 14.0 Å². The molecular weight excluding hydrogens is 334 g/mol. The van der Waals surface area contributed by atoms with Crippen molar-refractivity contribution in [2.24, 2.45) is 5.10 Å². The lowest BCUT2D eigenvalue weighted by atomic mass is 10.2. The zero-order valence-electron chi connectivity index (χ0n) is 15.2. The molecule has 2 aromatic rings. The van der Waals surface area contributed by atoms with Crippen LogP contribution in [0.15, 0.2) is 46.4 Å². The Labute approximate surface area is 152 Å². The Hall–Kier alpha value is -3.09. The van der Waals surface area contributed by atoms with E-state index < -0.39 is 5.91 Å². The molecule has 1 heterocycles. The van der Waals surface area contributed by atoms with Crippen molar-refractivity contribution in [2.45, 2.75) is 26.8 Å². The molecule has 7 heteroatoms. The highest BCUT2D eigenvalue weighted by Gasteiger charge is 2.10. The van der Waals surface area contributed by atoms with Gasteiger partial charge in [-0.2, -0.15) is 5.10 Å². The highest BCUT2D eigenvalue weighted by atomic mass is 16.5. The van der Waals surface area contributed by atoms with E-state index in [-0.39, 0.29) is 11.1 Å². The second-order valence-electron chi connectivity index (χ2n) is 5.47. The number of pyridine rings is 1. The predicted octanol–water partition coefficient (Wildman–Crippen LogP) is 2.43. The number of carbonyl (C=O) groups is 1. The summed E-state index contributed by atoms with van der Waals surface area (Å²) in [5.41, 5.74) is 2.80. The molecule has 1 aromatic carbocycles. The highest BCUT2D eigenvalue weighted by Crippen LogP contribution is 2.27. The van der Waals surface area contributed by atoms with E-state index >= 15 is 0 Å². The third-order valence-corrected chi connectivity index (χ3v) is 3.63. The number of rotatable bonds is 8. The maximum Gasteiger partial charge on any atom is 0.276 e. The minimum absolute atomic E-state index is 0.0485. The molecule has 0 atom stereocenters. The summed E-state index contributed by atoms with van der Waals surface area (Å²) in [4.78, 5) is 24.2. The summed E-state index contributed by atoms with van der Waals surface area (Å²) in [7, 11) is 1.56. The molecule has 0 aliphatic heterocycles. The van der Waals surface area contributed by atoms with E-state index in [1.54, 1.807) is 37.6 Å². The van der Waals surface area contributed by atoms with Crippen LogP contribution in [0.2, 0.25) is 0 Å². The first kappa shape index (κ1) is 19.2. The first-order chi connectivity index (χ1) is 12.6. The molecule has 0 saturated carbocycles. The third-order valence-electron chi connectivity index (χ3n) is 3.63. The number of methoxy groups -OCH3 is 1. The van der Waals surface area contributed by atoms with Crippen molar-refractivity contribution >= 4 is 12.1 Å². The summed E-state index contributed by atoms with van der Waals surface area (Å²) >= 11 is 0. The maximum absolute atomic E-state index is 12.1. The van der Waals surface area contributed by atoms with Crippen LogP contribution in [0.4, 0.5) is 0 Å². The molecule has 0 bridgehead atoms. The van der Waals surface area contributed by atoms with E-state index in [2.05, 4.69) is 10.5 Å². The first-order valence-corrected chi connectivity index (χ1v) is 8.44. The van der Waals surface area contributed by atoms with Crippen LogP contribution >= 0.6 is 0 Å². The molecule has 2 rings (SSSR count). The number of hydrazone groups is 1. The van der Waals surface area contributed by atoms with E-state index in [1.807, 2.05) is 13.8 Å². The molecule has 0 fully saturated rings. The number of nitrogens with zero attached hydrogens (tertiary/aromatic N) is 2. The minimum atomic E-state index is -0.552. The van der Waals surface area contributed by atoms with Gasteiger partial charge in [-0.25, -0.2) is 5.43 Å². The average molecular weight is 357 g/mol. The smallest absolute Gasteiger partial charge is 0.276 e. The van der Waals surface area contributed by atoms with Gasteiger partial charge in [-0.15, -0.1) is 0 Å². The van der Waals surface area contributed by atoms with Gasteiger partial charge in [0, 0.05) is 12.7 Å². The Bertz CT molecular complexity index is 843. The second-order valence-corrected chi connectivity index (χ2v) is 5.47. The number of benzene rings is 1. The Balaban J connectivity index is 2.08. The first-order valence-electron chi connectivity index (χ1n) is 8.44. The molecule has 1 amide bonds. The Morgan fingerprint density at radius 1 is 1.27 bits per heavy atom. The second kappa shape index (κ2) is 9.41. The molecule has 1 aromatic heterocycles. The Morgan fingerprint density at radius 2 is 2.08 bits per heavy atom. The summed E-state index contributed by atoms with van der Waals surface area (Å²) in [5.74, 6) is 0.687. The highest BCUT2D eigenvalue weighted by molar-refractivity contribution is 5.94. The summed E-state index contributed by atoms with van der Waals surface area (Å²) in [5, 5.41) is 3.91. The van der Waals surface area contributed by atoms with Gasteiger partial charge in [-0.1, -0.05) is 6.92 Å². The standard InChI is InChI=1S/C19H23N3O4/c1-4-11-26-16-9-8-14(12-17(16)25-3)13-20-21-18(23)15-7-6-10-22(5-2)19(15)24/h6-10,12-13H,4-5,11H2,1-3H3,(H,21,23)/b20-13-. The molecule has 0 aliphatic rings. The van der Waals surface area contributed by atoms with Crippen LogP contribution in [-0.4, -0.2) is 30.4 Å². The molecule has 0 radical (unpaired) electrons. The van der Waals surface area contributed by atoms with E-state index in [1.165, 1.54) is 16.8 Å². The number of aromatic nitrogens is 1. The largest absolute Gasteiger partial charge is 0.493 e. The van der Waals surface area contributed by atoms with Gasteiger partial charge >= 0.3 is 0 Å². The number of hydrogen-bond acceptors (Lipinski definition) is 5. The Morgan fingerprint density at radius 3 is 2.77 bits per heavy atom. The quantitative estimate of drug-likeness (QED) is 0.581. The van der Waals surface area contributed by atoms with Crippen LogP contribution < -0.4 is 20.5 Å². The van der Waals surface area contributed by atoms with Gasteiger partial charge in [0.2, 0.25) is 0 Å². The summed E-state index contributed by atoms with van der Waals surface area (Å²) in [6.07, 6.45) is 4.01. The average Bonchev–Trinajstić information content (AvgIpc) is 2.66. The van der Waals surface area contributed by atoms with E-state index in [4.69, 9.17) is 9.47 Å². The fourth-order valence-electron chi connectivity index (χ4n) is 2.28. The lowest BCUT2D eigenvalue weighted by molar-refractivity contribution is 0.0953. The van der Waals surface area contributed by atoms with Crippen molar-refractivity contribution in [2.75, 3.05) is 13.7 Å². The molecule has 1 N–H and O–H groups in total. The van der Waals surface area contributed by atoms with Crippen LogP contribution in [0.3, 0.4) is 0 Å². The van der Waals surface area contributed by atoms with Crippen molar-refractivity contribution in [1.82, 2.24) is 9.99 Å². The lowest BCUT2D eigenvalue weighted by Crippen LogP contribution is -2.30. The predicted molar refractivity (Wildman–Crippen MR) is 100 cm³/mol. The van der Waals surface area contributed by atoms with Crippen molar-refractivity contribution < 1.29 is 14.3 Å². The number of hydrogen-bond donors (Lipinski definition) is 1. The fraction of sp³-hybridized carbons (Fsp3) is 0.316. The van der Waals surface area contributed by atoms with Crippen LogP contribution in [0.5, 0.6) is 11.5 Å². The number of carbonyl (C=O) groups excluding carboxylic acids is 1. The molecule has 0 saturated heterocycles. The third kappa shape index (κ3) is 4.72. The Kier molecular flexibility index (Phi) is 6.96. The molecule has 0 unspecified atom stereocenters. The van der Waals surface area contributed by atoms with Crippen LogP contribution in [0.25, 0.3) is 0 Å². The fourth-order valence-corrected chi connectivity index (χ4v) is 2.28. The van der Waals surface area contributed by atoms with Crippen LogP contribution in [0.1, 0.15) is 36.2 Å². The van der Waals surface area contributed by atoms with Crippen molar-refractivity contribution in [3.63, 3.8) is 0 Å². The van der Waals surface area contributed by atoms with Gasteiger partial charge in [0.1, 0.15) is 5.56 Å². The zero-order valence-corrected chi connectivity index (χ0v) is 15.2. The summed E-state index contributed by atoms with van der Waals surface area (Å²) in [6.45, 7) is 4.96. The maximum atomic E-state index is 12.1. The number of nitrogens with one attached hydrogen (secondary N) is 1. The molecular formula is C19H23N3O4. The van der Waals surface area contributed by atoms with Gasteiger partial charge in [0.05, 0.1) is 19.9 Å². The molecule has 138 valence electrons. The number of aryl methyl sites for hydroxylation is 1.